The minimum atomic E-state index is 0.869. The van der Waals surface area contributed by atoms with Gasteiger partial charge >= 0.3 is 0 Å². The molecule has 0 radical (unpaired) electrons. The number of aromatic nitrogens is 1. The smallest absolute Gasteiger partial charge is 0.124 e. The third-order valence-corrected chi connectivity index (χ3v) is 4.08. The van der Waals surface area contributed by atoms with E-state index < -0.39 is 0 Å². The second-order valence-corrected chi connectivity index (χ2v) is 5.95. The Morgan fingerprint density at radius 2 is 1.84 bits per heavy atom. The number of aryl methyl sites for hydroxylation is 3. The van der Waals surface area contributed by atoms with E-state index in [4.69, 9.17) is 4.98 Å². The lowest BCUT2D eigenvalue weighted by molar-refractivity contribution is 0.667. The highest BCUT2D eigenvalue weighted by Crippen LogP contribution is 2.30. The average molecular weight is 274 g/mol. The zero-order valence-corrected chi connectivity index (χ0v) is 13.0. The van der Waals surface area contributed by atoms with Crippen LogP contribution in [0.2, 0.25) is 0 Å². The molecule has 0 spiro atoms. The van der Waals surface area contributed by atoms with Crippen molar-refractivity contribution in [2.75, 3.05) is 6.54 Å². The van der Waals surface area contributed by atoms with Crippen molar-refractivity contribution in [2.45, 2.75) is 40.7 Å². The summed E-state index contributed by atoms with van der Waals surface area (Å²) in [5.74, 6) is 0. The van der Waals surface area contributed by atoms with Crippen LogP contribution in [0.3, 0.4) is 0 Å². The van der Waals surface area contributed by atoms with Crippen LogP contribution in [0.25, 0.3) is 10.6 Å². The van der Waals surface area contributed by atoms with Gasteiger partial charge in [0.25, 0.3) is 0 Å². The minimum absolute atomic E-state index is 0.869. The monoisotopic (exact) mass is 274 g/mol. The number of rotatable bonds is 5. The van der Waals surface area contributed by atoms with E-state index in [1.54, 1.807) is 11.3 Å². The van der Waals surface area contributed by atoms with Gasteiger partial charge in [0, 0.05) is 17.5 Å². The molecule has 2 aromatic rings. The van der Waals surface area contributed by atoms with E-state index in [1.807, 2.05) is 0 Å². The Labute approximate surface area is 119 Å². The van der Waals surface area contributed by atoms with Gasteiger partial charge in [-0.05, 0) is 44.9 Å². The van der Waals surface area contributed by atoms with Crippen molar-refractivity contribution in [2.24, 2.45) is 0 Å². The van der Waals surface area contributed by atoms with Gasteiger partial charge in [0.05, 0.1) is 5.69 Å². The van der Waals surface area contributed by atoms with Gasteiger partial charge in [-0.3, -0.25) is 0 Å². The Morgan fingerprint density at radius 3 is 2.47 bits per heavy atom. The normalized spacial score (nSPS) is 10.9. The Morgan fingerprint density at radius 1 is 1.16 bits per heavy atom. The molecule has 0 unspecified atom stereocenters. The predicted octanol–water partition coefficient (Wildman–Crippen LogP) is 4.23. The molecule has 0 fully saturated rings. The molecular formula is C16H22N2S. The molecule has 2 nitrogen and oxygen atoms in total. The molecule has 0 aliphatic heterocycles. The van der Waals surface area contributed by atoms with Crippen LogP contribution in [0.5, 0.6) is 0 Å². The van der Waals surface area contributed by atoms with Crippen molar-refractivity contribution < 1.29 is 0 Å². The molecule has 0 saturated carbocycles. The Hall–Kier alpha value is -1.19. The molecule has 0 aliphatic rings. The number of nitrogens with one attached hydrogen (secondary N) is 1. The molecule has 102 valence electrons. The molecule has 0 amide bonds. The summed E-state index contributed by atoms with van der Waals surface area (Å²) in [5.41, 5.74) is 6.41. The van der Waals surface area contributed by atoms with E-state index >= 15 is 0 Å². The summed E-state index contributed by atoms with van der Waals surface area (Å²) < 4.78 is 0. The van der Waals surface area contributed by atoms with Crippen LogP contribution in [-0.2, 0) is 6.54 Å². The fourth-order valence-corrected chi connectivity index (χ4v) is 3.41. The highest BCUT2D eigenvalue weighted by Gasteiger charge is 2.10. The first kappa shape index (κ1) is 14.2. The lowest BCUT2D eigenvalue weighted by Crippen LogP contribution is -2.13. The molecule has 3 heteroatoms. The molecule has 1 heterocycles. The molecule has 1 aromatic carbocycles. The molecule has 0 atom stereocenters. The fraction of sp³-hybridized carbons (Fsp3) is 0.438. The number of hydrogen-bond acceptors (Lipinski definition) is 3. The number of hydrogen-bond donors (Lipinski definition) is 1. The fourth-order valence-electron chi connectivity index (χ4n) is 2.41. The van der Waals surface area contributed by atoms with Crippen molar-refractivity contribution >= 4 is 11.3 Å². The number of thiazole rings is 1. The summed E-state index contributed by atoms with van der Waals surface area (Å²) in [6.45, 7) is 10.6. The Kier molecular flexibility index (Phi) is 4.72. The van der Waals surface area contributed by atoms with Crippen LogP contribution in [0.4, 0.5) is 0 Å². The minimum Gasteiger partial charge on any atom is -0.311 e. The molecule has 0 bridgehead atoms. The molecule has 0 aliphatic carbocycles. The van der Waals surface area contributed by atoms with Gasteiger partial charge in [0.1, 0.15) is 5.01 Å². The van der Waals surface area contributed by atoms with E-state index in [1.165, 1.54) is 22.3 Å². The Bertz CT molecular complexity index is 535. The summed E-state index contributed by atoms with van der Waals surface area (Å²) >= 11 is 1.74. The summed E-state index contributed by atoms with van der Waals surface area (Å²) in [7, 11) is 0. The molecule has 1 aromatic heterocycles. The summed E-state index contributed by atoms with van der Waals surface area (Å²) in [6.07, 6.45) is 1.16. The van der Waals surface area contributed by atoms with Crippen LogP contribution < -0.4 is 5.32 Å². The van der Waals surface area contributed by atoms with Crippen molar-refractivity contribution in [3.8, 4) is 10.6 Å². The zero-order chi connectivity index (χ0) is 13.8. The van der Waals surface area contributed by atoms with Crippen LogP contribution >= 0.6 is 11.3 Å². The van der Waals surface area contributed by atoms with Crippen molar-refractivity contribution in [3.05, 3.63) is 39.9 Å². The first-order chi connectivity index (χ1) is 9.11. The standard InChI is InChI=1S/C16H22N2S/c1-5-6-17-9-14-10-19-16(18-14)15-12(3)7-11(2)8-13(15)4/h7-8,10,17H,5-6,9H2,1-4H3. The molecule has 19 heavy (non-hydrogen) atoms. The third-order valence-electron chi connectivity index (χ3n) is 3.18. The number of nitrogens with zero attached hydrogens (tertiary/aromatic N) is 1. The van der Waals surface area contributed by atoms with Gasteiger partial charge in [-0.25, -0.2) is 4.98 Å². The summed E-state index contributed by atoms with van der Waals surface area (Å²) in [5, 5.41) is 6.70. The van der Waals surface area contributed by atoms with Gasteiger partial charge in [0.2, 0.25) is 0 Å². The van der Waals surface area contributed by atoms with E-state index in [0.29, 0.717) is 0 Å². The highest BCUT2D eigenvalue weighted by atomic mass is 32.1. The second kappa shape index (κ2) is 6.31. The van der Waals surface area contributed by atoms with Crippen LogP contribution in [-0.4, -0.2) is 11.5 Å². The first-order valence-corrected chi connectivity index (χ1v) is 7.73. The van der Waals surface area contributed by atoms with Gasteiger partial charge in [0.15, 0.2) is 0 Å². The zero-order valence-electron chi connectivity index (χ0n) is 12.2. The lowest BCUT2D eigenvalue weighted by Gasteiger charge is -2.08. The van der Waals surface area contributed by atoms with Gasteiger partial charge in [-0.15, -0.1) is 11.3 Å². The maximum Gasteiger partial charge on any atom is 0.124 e. The van der Waals surface area contributed by atoms with E-state index in [2.05, 4.69) is 50.5 Å². The van der Waals surface area contributed by atoms with E-state index in [-0.39, 0.29) is 0 Å². The summed E-state index contributed by atoms with van der Waals surface area (Å²) in [4.78, 5) is 4.76. The van der Waals surface area contributed by atoms with Gasteiger partial charge < -0.3 is 5.32 Å². The average Bonchev–Trinajstić information content (AvgIpc) is 2.76. The van der Waals surface area contributed by atoms with Crippen molar-refractivity contribution in [1.29, 1.82) is 0 Å². The van der Waals surface area contributed by atoms with Gasteiger partial charge in [-0.1, -0.05) is 24.6 Å². The van der Waals surface area contributed by atoms with Crippen LogP contribution in [0.1, 0.15) is 35.7 Å². The quantitative estimate of drug-likeness (QED) is 0.825. The molecule has 1 N–H and O–H groups in total. The molecule has 2 rings (SSSR count). The topological polar surface area (TPSA) is 24.9 Å². The summed E-state index contributed by atoms with van der Waals surface area (Å²) in [6, 6.07) is 4.47. The third kappa shape index (κ3) is 3.43. The number of benzene rings is 1. The largest absolute Gasteiger partial charge is 0.311 e. The lowest BCUT2D eigenvalue weighted by atomic mass is 10.0. The van der Waals surface area contributed by atoms with Crippen LogP contribution in [0.15, 0.2) is 17.5 Å². The maximum atomic E-state index is 4.76. The molecular weight excluding hydrogens is 252 g/mol. The van der Waals surface area contributed by atoms with Gasteiger partial charge in [-0.2, -0.15) is 0 Å². The maximum absolute atomic E-state index is 4.76. The van der Waals surface area contributed by atoms with Crippen molar-refractivity contribution in [3.63, 3.8) is 0 Å². The first-order valence-electron chi connectivity index (χ1n) is 6.85. The van der Waals surface area contributed by atoms with E-state index in [9.17, 15) is 0 Å². The van der Waals surface area contributed by atoms with E-state index in [0.717, 1.165) is 30.2 Å². The predicted molar refractivity (Wildman–Crippen MR) is 83.8 cm³/mol. The second-order valence-electron chi connectivity index (χ2n) is 5.09. The highest BCUT2D eigenvalue weighted by molar-refractivity contribution is 7.13. The van der Waals surface area contributed by atoms with Crippen molar-refractivity contribution in [1.82, 2.24) is 10.3 Å². The SMILES string of the molecule is CCCNCc1csc(-c2c(C)cc(C)cc2C)n1. The van der Waals surface area contributed by atoms with Crippen LogP contribution in [0, 0.1) is 20.8 Å². The molecule has 0 saturated heterocycles. The Balaban J connectivity index is 2.23.